The lowest BCUT2D eigenvalue weighted by Crippen LogP contribution is -1.87. The molecule has 0 aliphatic heterocycles. The van der Waals surface area contributed by atoms with E-state index in [0.717, 1.165) is 28.8 Å². The van der Waals surface area contributed by atoms with Crippen molar-refractivity contribution < 1.29 is 5.11 Å². The molecule has 1 aliphatic rings. The number of phenolic OH excluding ortho intramolecular Hbond substituents is 1. The van der Waals surface area contributed by atoms with Crippen LogP contribution < -0.4 is 0 Å². The molecule has 0 unspecified atom stereocenters. The van der Waals surface area contributed by atoms with Gasteiger partial charge in [0.1, 0.15) is 11.6 Å². The molecule has 3 heteroatoms. The molecule has 0 amide bonds. The number of hydrogen-bond donors (Lipinski definition) is 2. The van der Waals surface area contributed by atoms with Crippen molar-refractivity contribution >= 4 is 11.0 Å². The predicted octanol–water partition coefficient (Wildman–Crippen LogP) is 4.51. The first-order valence-corrected chi connectivity index (χ1v) is 7.69. The molecular weight excluding hydrogens is 284 g/mol. The Bertz CT molecular complexity index is 1060. The Balaban J connectivity index is 1.77. The van der Waals surface area contributed by atoms with Crippen LogP contribution in [0.25, 0.3) is 33.5 Å². The first-order valence-electron chi connectivity index (χ1n) is 7.69. The average Bonchev–Trinajstić information content (AvgIpc) is 3.14. The number of rotatable bonds is 1. The number of phenols is 1. The lowest BCUT2D eigenvalue weighted by molar-refractivity contribution is 0.476. The van der Waals surface area contributed by atoms with E-state index in [1.165, 1.54) is 22.3 Å². The van der Waals surface area contributed by atoms with E-state index >= 15 is 0 Å². The van der Waals surface area contributed by atoms with Gasteiger partial charge in [-0.3, -0.25) is 0 Å². The quantitative estimate of drug-likeness (QED) is 0.478. The third-order valence-corrected chi connectivity index (χ3v) is 4.54. The zero-order valence-electron chi connectivity index (χ0n) is 12.4. The van der Waals surface area contributed by atoms with Crippen molar-refractivity contribution in [1.29, 1.82) is 0 Å². The molecule has 1 heterocycles. The highest BCUT2D eigenvalue weighted by Crippen LogP contribution is 2.42. The molecule has 0 spiro atoms. The second-order valence-electron chi connectivity index (χ2n) is 5.96. The highest BCUT2D eigenvalue weighted by Gasteiger charge is 2.22. The van der Waals surface area contributed by atoms with Gasteiger partial charge in [-0.15, -0.1) is 0 Å². The van der Waals surface area contributed by atoms with Crippen molar-refractivity contribution in [3.05, 3.63) is 71.8 Å². The average molecular weight is 298 g/mol. The van der Waals surface area contributed by atoms with Crippen LogP contribution in [0, 0.1) is 0 Å². The van der Waals surface area contributed by atoms with Crippen LogP contribution in [0.3, 0.4) is 0 Å². The summed E-state index contributed by atoms with van der Waals surface area (Å²) < 4.78 is 0. The molecule has 0 fully saturated rings. The van der Waals surface area contributed by atoms with Gasteiger partial charge >= 0.3 is 0 Å². The van der Waals surface area contributed by atoms with Crippen molar-refractivity contribution in [3.63, 3.8) is 0 Å². The van der Waals surface area contributed by atoms with E-state index in [0.29, 0.717) is 0 Å². The van der Waals surface area contributed by atoms with E-state index in [-0.39, 0.29) is 5.75 Å². The van der Waals surface area contributed by atoms with Crippen LogP contribution in [0.4, 0.5) is 0 Å². The van der Waals surface area contributed by atoms with Crippen LogP contribution in [-0.2, 0) is 6.42 Å². The van der Waals surface area contributed by atoms with E-state index < -0.39 is 0 Å². The summed E-state index contributed by atoms with van der Waals surface area (Å²) in [6.07, 6.45) is 0.973. The normalized spacial score (nSPS) is 12.3. The Morgan fingerprint density at radius 1 is 0.870 bits per heavy atom. The monoisotopic (exact) mass is 298 g/mol. The van der Waals surface area contributed by atoms with Gasteiger partial charge in [0.2, 0.25) is 0 Å². The number of aromatic nitrogens is 2. The zero-order chi connectivity index (χ0) is 15.4. The Kier molecular flexibility index (Phi) is 2.42. The van der Waals surface area contributed by atoms with Gasteiger partial charge in [-0.25, -0.2) is 4.98 Å². The van der Waals surface area contributed by atoms with Crippen molar-refractivity contribution in [2.24, 2.45) is 0 Å². The largest absolute Gasteiger partial charge is 0.508 e. The molecule has 4 aromatic rings. The van der Waals surface area contributed by atoms with Crippen LogP contribution in [0.2, 0.25) is 0 Å². The number of aromatic hydroxyl groups is 1. The molecule has 110 valence electrons. The smallest absolute Gasteiger partial charge is 0.139 e. The summed E-state index contributed by atoms with van der Waals surface area (Å²) in [6, 6.07) is 20.1. The number of fused-ring (bicyclic) bond motifs is 4. The van der Waals surface area contributed by atoms with Crippen LogP contribution in [-0.4, -0.2) is 15.1 Å². The number of hydrogen-bond acceptors (Lipinski definition) is 2. The van der Waals surface area contributed by atoms with Gasteiger partial charge < -0.3 is 10.1 Å². The van der Waals surface area contributed by atoms with Gasteiger partial charge in [-0.1, -0.05) is 42.5 Å². The number of aromatic amines is 1. The predicted molar refractivity (Wildman–Crippen MR) is 91.4 cm³/mol. The van der Waals surface area contributed by atoms with Crippen LogP contribution in [0.1, 0.15) is 11.1 Å². The van der Waals surface area contributed by atoms with Gasteiger partial charge in [-0.2, -0.15) is 0 Å². The fraction of sp³-hybridized carbons (Fsp3) is 0.0500. The molecule has 0 saturated heterocycles. The summed E-state index contributed by atoms with van der Waals surface area (Å²) in [5, 5.41) is 9.65. The number of benzene rings is 3. The third kappa shape index (κ3) is 1.80. The summed E-state index contributed by atoms with van der Waals surface area (Å²) in [5.74, 6) is 1.09. The Hall–Kier alpha value is -3.07. The van der Waals surface area contributed by atoms with E-state index in [1.54, 1.807) is 12.1 Å². The molecule has 0 saturated carbocycles. The minimum atomic E-state index is 0.247. The first kappa shape index (κ1) is 12.5. The summed E-state index contributed by atoms with van der Waals surface area (Å²) in [7, 11) is 0. The lowest BCUT2D eigenvalue weighted by Gasteiger charge is -2.07. The molecule has 23 heavy (non-hydrogen) atoms. The van der Waals surface area contributed by atoms with Crippen LogP contribution in [0.15, 0.2) is 60.7 Å². The summed E-state index contributed by atoms with van der Waals surface area (Å²) in [4.78, 5) is 8.05. The molecule has 0 bridgehead atoms. The Morgan fingerprint density at radius 3 is 2.65 bits per heavy atom. The topological polar surface area (TPSA) is 48.9 Å². The molecule has 0 radical (unpaired) electrons. The standard InChI is InChI=1S/C20H14N2O/c23-14-8-9-17-18(11-14)22-20(21-17)16-7-3-5-13-10-12-4-1-2-6-15(12)19(13)16/h1-9,11,23H,10H2,(H,21,22). The SMILES string of the molecule is Oc1ccc2nc(-c3cccc4c3-c3ccccc3C4)[nH]c2c1. The summed E-state index contributed by atoms with van der Waals surface area (Å²) in [6.45, 7) is 0. The minimum Gasteiger partial charge on any atom is -0.508 e. The molecule has 5 rings (SSSR count). The number of nitrogens with zero attached hydrogens (tertiary/aromatic N) is 1. The Labute approximate surface area is 133 Å². The van der Waals surface area contributed by atoms with E-state index in [1.807, 2.05) is 6.07 Å². The second-order valence-corrected chi connectivity index (χ2v) is 5.96. The number of nitrogens with one attached hydrogen (secondary N) is 1. The maximum atomic E-state index is 9.65. The van der Waals surface area contributed by atoms with Crippen LogP contribution >= 0.6 is 0 Å². The van der Waals surface area contributed by atoms with Crippen molar-refractivity contribution in [3.8, 4) is 28.3 Å². The fourth-order valence-corrected chi connectivity index (χ4v) is 3.51. The maximum absolute atomic E-state index is 9.65. The minimum absolute atomic E-state index is 0.247. The van der Waals surface area contributed by atoms with Gasteiger partial charge in [0.05, 0.1) is 11.0 Å². The molecule has 3 aromatic carbocycles. The first-order chi connectivity index (χ1) is 11.3. The Morgan fingerprint density at radius 2 is 1.70 bits per heavy atom. The van der Waals surface area contributed by atoms with Gasteiger partial charge in [0, 0.05) is 11.6 Å². The highest BCUT2D eigenvalue weighted by molar-refractivity contribution is 5.91. The van der Waals surface area contributed by atoms with Crippen molar-refractivity contribution in [1.82, 2.24) is 9.97 Å². The van der Waals surface area contributed by atoms with E-state index in [9.17, 15) is 5.11 Å². The molecule has 1 aliphatic carbocycles. The van der Waals surface area contributed by atoms with E-state index in [4.69, 9.17) is 4.98 Å². The lowest BCUT2D eigenvalue weighted by atomic mass is 9.99. The van der Waals surface area contributed by atoms with Crippen molar-refractivity contribution in [2.75, 3.05) is 0 Å². The molecule has 2 N–H and O–H groups in total. The number of H-pyrrole nitrogens is 1. The zero-order valence-corrected chi connectivity index (χ0v) is 12.4. The number of imidazole rings is 1. The van der Waals surface area contributed by atoms with Gasteiger partial charge in [0.15, 0.2) is 0 Å². The fourth-order valence-electron chi connectivity index (χ4n) is 3.51. The second kappa shape index (κ2) is 4.46. The van der Waals surface area contributed by atoms with Crippen LogP contribution in [0.5, 0.6) is 5.75 Å². The molecule has 0 atom stereocenters. The van der Waals surface area contributed by atoms with E-state index in [2.05, 4.69) is 47.4 Å². The van der Waals surface area contributed by atoms with Gasteiger partial charge in [-0.05, 0) is 40.8 Å². The molecule has 3 nitrogen and oxygen atoms in total. The summed E-state index contributed by atoms with van der Waals surface area (Å²) >= 11 is 0. The van der Waals surface area contributed by atoms with Gasteiger partial charge in [0.25, 0.3) is 0 Å². The van der Waals surface area contributed by atoms with Crippen molar-refractivity contribution in [2.45, 2.75) is 6.42 Å². The third-order valence-electron chi connectivity index (χ3n) is 4.54. The molecular formula is C20H14N2O. The maximum Gasteiger partial charge on any atom is 0.139 e. The highest BCUT2D eigenvalue weighted by atomic mass is 16.3. The molecule has 1 aromatic heterocycles. The summed E-state index contributed by atoms with van der Waals surface area (Å²) in [5.41, 5.74) is 8.09.